The molecule has 29 heavy (non-hydrogen) atoms. The zero-order chi connectivity index (χ0) is 20.0. The van der Waals surface area contributed by atoms with Crippen LogP contribution in [-0.4, -0.2) is 29.1 Å². The third-order valence-electron chi connectivity index (χ3n) is 5.69. The lowest BCUT2D eigenvalue weighted by Crippen LogP contribution is -2.31. The van der Waals surface area contributed by atoms with E-state index in [9.17, 15) is 4.79 Å². The molecule has 2 aliphatic rings. The number of hydrogen-bond acceptors (Lipinski definition) is 3. The Morgan fingerprint density at radius 1 is 1.21 bits per heavy atom. The van der Waals surface area contributed by atoms with Gasteiger partial charge in [0.1, 0.15) is 11.6 Å². The zero-order valence-electron chi connectivity index (χ0n) is 15.9. The summed E-state index contributed by atoms with van der Waals surface area (Å²) in [5.74, 6) is 1.87. The third-order valence-corrected chi connectivity index (χ3v) is 5.94. The summed E-state index contributed by atoms with van der Waals surface area (Å²) in [5, 5.41) is 3.79. The number of benzene rings is 2. The molecule has 0 spiro atoms. The lowest BCUT2D eigenvalue weighted by molar-refractivity contribution is 0.0951. The van der Waals surface area contributed by atoms with Crippen molar-refractivity contribution in [3.8, 4) is 11.4 Å². The highest BCUT2D eigenvalue weighted by Gasteiger charge is 2.32. The molecular weight excluding hydrogens is 386 g/mol. The maximum absolute atomic E-state index is 12.8. The number of methoxy groups -OCH3 is 1. The van der Waals surface area contributed by atoms with Gasteiger partial charge in [-0.05, 0) is 55.0 Å². The summed E-state index contributed by atoms with van der Waals surface area (Å²) in [6, 6.07) is 13.4. The molecule has 1 aromatic heterocycles. The van der Waals surface area contributed by atoms with Crippen molar-refractivity contribution in [3.63, 3.8) is 0 Å². The smallest absolute Gasteiger partial charge is 0.253 e. The van der Waals surface area contributed by atoms with Crippen LogP contribution in [0.1, 0.15) is 22.8 Å². The Labute approximate surface area is 173 Å². The van der Waals surface area contributed by atoms with Crippen LogP contribution >= 0.6 is 11.6 Å². The molecule has 146 valence electrons. The molecule has 5 rings (SSSR count). The SMILES string of the molecule is COC1=CCC(C2CNC(=O)c3cccc4nc(-c5ccc(Cl)cc5)n2c34)C=C1. The van der Waals surface area contributed by atoms with Crippen LogP contribution < -0.4 is 5.32 Å². The lowest BCUT2D eigenvalue weighted by atomic mass is 9.91. The number of nitrogens with zero attached hydrogens (tertiary/aromatic N) is 2. The molecule has 6 heteroatoms. The molecule has 1 aliphatic carbocycles. The average Bonchev–Trinajstić information content (AvgIpc) is 3.07. The number of halogens is 1. The Hall–Kier alpha value is -3.05. The van der Waals surface area contributed by atoms with E-state index < -0.39 is 0 Å². The Morgan fingerprint density at radius 2 is 2.03 bits per heavy atom. The fourth-order valence-corrected chi connectivity index (χ4v) is 4.36. The first-order chi connectivity index (χ1) is 14.2. The molecule has 0 saturated carbocycles. The maximum Gasteiger partial charge on any atom is 0.253 e. The first-order valence-corrected chi connectivity index (χ1v) is 10.0. The number of imidazole rings is 1. The molecule has 1 N–H and O–H groups in total. The highest BCUT2D eigenvalue weighted by atomic mass is 35.5. The number of ether oxygens (including phenoxy) is 1. The molecule has 0 saturated heterocycles. The minimum Gasteiger partial charge on any atom is -0.497 e. The van der Waals surface area contributed by atoms with Crippen LogP contribution in [0.15, 0.2) is 66.5 Å². The molecule has 0 bridgehead atoms. The summed E-state index contributed by atoms with van der Waals surface area (Å²) in [6.07, 6.45) is 7.10. The molecule has 0 fully saturated rings. The van der Waals surface area contributed by atoms with E-state index in [4.69, 9.17) is 21.3 Å². The van der Waals surface area contributed by atoms with Crippen LogP contribution in [0.3, 0.4) is 0 Å². The van der Waals surface area contributed by atoms with Gasteiger partial charge in [-0.3, -0.25) is 4.79 Å². The first-order valence-electron chi connectivity index (χ1n) is 9.63. The van der Waals surface area contributed by atoms with E-state index in [1.807, 2.05) is 48.5 Å². The minimum absolute atomic E-state index is 0.0317. The zero-order valence-corrected chi connectivity index (χ0v) is 16.7. The lowest BCUT2D eigenvalue weighted by Gasteiger charge is -2.28. The normalized spacial score (nSPS) is 20.9. The van der Waals surface area contributed by atoms with Crippen LogP contribution in [0.2, 0.25) is 5.02 Å². The largest absolute Gasteiger partial charge is 0.497 e. The summed E-state index contributed by atoms with van der Waals surface area (Å²) >= 11 is 6.10. The van der Waals surface area contributed by atoms with Gasteiger partial charge in [0, 0.05) is 23.0 Å². The molecule has 3 aromatic rings. The van der Waals surface area contributed by atoms with Crippen LogP contribution in [0.4, 0.5) is 0 Å². The van der Waals surface area contributed by atoms with Crippen molar-refractivity contribution in [2.24, 2.45) is 5.92 Å². The van der Waals surface area contributed by atoms with Crippen molar-refractivity contribution in [1.82, 2.24) is 14.9 Å². The topological polar surface area (TPSA) is 56.1 Å². The standard InChI is InChI=1S/C23H20ClN3O2/c1-29-17-11-7-14(8-12-17)20-13-25-23(28)18-3-2-4-19-21(18)27(20)22(26-19)15-5-9-16(24)10-6-15/h2-7,9-12,14,20H,8,13H2,1H3,(H,25,28). The van der Waals surface area contributed by atoms with Crippen LogP contribution in [0.5, 0.6) is 0 Å². The van der Waals surface area contributed by atoms with E-state index in [2.05, 4.69) is 22.0 Å². The quantitative estimate of drug-likeness (QED) is 0.684. The number of para-hydroxylation sites is 1. The van der Waals surface area contributed by atoms with Gasteiger partial charge < -0.3 is 14.6 Å². The summed E-state index contributed by atoms with van der Waals surface area (Å²) in [6.45, 7) is 0.532. The molecule has 2 unspecified atom stereocenters. The maximum atomic E-state index is 12.8. The molecule has 1 aliphatic heterocycles. The Bertz CT molecular complexity index is 1160. The number of carbonyl (C=O) groups is 1. The number of allylic oxidation sites excluding steroid dienone is 3. The van der Waals surface area contributed by atoms with Crippen molar-refractivity contribution in [2.75, 3.05) is 13.7 Å². The number of nitrogens with one attached hydrogen (secondary N) is 1. The second-order valence-corrected chi connectivity index (χ2v) is 7.77. The van der Waals surface area contributed by atoms with Gasteiger partial charge in [-0.25, -0.2) is 4.98 Å². The van der Waals surface area contributed by atoms with Crippen LogP contribution in [-0.2, 0) is 4.74 Å². The Kier molecular flexibility index (Phi) is 4.40. The van der Waals surface area contributed by atoms with Crippen molar-refractivity contribution >= 4 is 28.5 Å². The summed E-state index contributed by atoms with van der Waals surface area (Å²) < 4.78 is 7.57. The molecule has 2 heterocycles. The number of hydrogen-bond donors (Lipinski definition) is 1. The molecule has 5 nitrogen and oxygen atoms in total. The molecule has 2 atom stereocenters. The summed E-state index contributed by atoms with van der Waals surface area (Å²) in [5.41, 5.74) is 3.34. The van der Waals surface area contributed by atoms with Gasteiger partial charge in [0.15, 0.2) is 0 Å². The van der Waals surface area contributed by atoms with E-state index in [0.29, 0.717) is 17.1 Å². The highest BCUT2D eigenvalue weighted by molar-refractivity contribution is 6.30. The fraction of sp³-hybridized carbons (Fsp3) is 0.217. The monoisotopic (exact) mass is 405 g/mol. The van der Waals surface area contributed by atoms with Gasteiger partial charge in [-0.15, -0.1) is 0 Å². The van der Waals surface area contributed by atoms with Gasteiger partial charge in [-0.1, -0.05) is 23.7 Å². The third kappa shape index (κ3) is 3.02. The predicted octanol–water partition coefficient (Wildman–Crippen LogP) is 4.75. The second-order valence-electron chi connectivity index (χ2n) is 7.33. The first kappa shape index (κ1) is 18.0. The van der Waals surface area contributed by atoms with Crippen molar-refractivity contribution in [1.29, 1.82) is 0 Å². The van der Waals surface area contributed by atoms with Crippen molar-refractivity contribution in [2.45, 2.75) is 12.5 Å². The fourth-order valence-electron chi connectivity index (χ4n) is 4.24. The van der Waals surface area contributed by atoms with Gasteiger partial charge >= 0.3 is 0 Å². The van der Waals surface area contributed by atoms with Gasteiger partial charge in [0.05, 0.1) is 29.7 Å². The summed E-state index contributed by atoms with van der Waals surface area (Å²) in [4.78, 5) is 17.7. The summed E-state index contributed by atoms with van der Waals surface area (Å²) in [7, 11) is 1.68. The predicted molar refractivity (Wildman–Crippen MR) is 114 cm³/mol. The minimum atomic E-state index is -0.0604. The van der Waals surface area contributed by atoms with Gasteiger partial charge in [0.2, 0.25) is 0 Å². The molecular formula is C23H20ClN3O2. The van der Waals surface area contributed by atoms with Gasteiger partial charge in [-0.2, -0.15) is 0 Å². The molecule has 2 aromatic carbocycles. The average molecular weight is 406 g/mol. The van der Waals surface area contributed by atoms with Crippen LogP contribution in [0, 0.1) is 5.92 Å². The van der Waals surface area contributed by atoms with E-state index in [1.165, 1.54) is 0 Å². The Balaban J connectivity index is 1.72. The highest BCUT2D eigenvalue weighted by Crippen LogP contribution is 2.37. The van der Waals surface area contributed by atoms with Crippen LogP contribution in [0.25, 0.3) is 22.4 Å². The number of carbonyl (C=O) groups excluding carboxylic acids is 1. The van der Waals surface area contributed by atoms with Crippen molar-refractivity contribution < 1.29 is 9.53 Å². The van der Waals surface area contributed by atoms with E-state index in [-0.39, 0.29) is 17.9 Å². The van der Waals surface area contributed by atoms with Crippen molar-refractivity contribution in [3.05, 3.63) is 77.0 Å². The number of rotatable bonds is 3. The Morgan fingerprint density at radius 3 is 2.76 bits per heavy atom. The van der Waals surface area contributed by atoms with Gasteiger partial charge in [0.25, 0.3) is 5.91 Å². The number of aromatic nitrogens is 2. The molecule has 0 radical (unpaired) electrons. The number of amides is 1. The molecule has 1 amide bonds. The van der Waals surface area contributed by atoms with E-state index >= 15 is 0 Å². The van der Waals surface area contributed by atoms with E-state index in [0.717, 1.165) is 34.6 Å². The van der Waals surface area contributed by atoms with E-state index in [1.54, 1.807) is 7.11 Å². The second kappa shape index (κ2) is 7.08.